The smallest absolute Gasteiger partial charge is 0.137 e. The molecule has 0 aliphatic carbocycles. The second-order valence-electron chi connectivity index (χ2n) is 7.42. The first-order valence-electron chi connectivity index (χ1n) is 10.1. The number of H-pyrrole nitrogens is 1. The van der Waals surface area contributed by atoms with E-state index >= 15 is 0 Å². The molecule has 0 radical (unpaired) electrons. The summed E-state index contributed by atoms with van der Waals surface area (Å²) in [4.78, 5) is 2.50. The highest BCUT2D eigenvalue weighted by molar-refractivity contribution is 5.62. The van der Waals surface area contributed by atoms with Gasteiger partial charge in [0.05, 0.1) is 17.9 Å². The largest absolute Gasteiger partial charge is 0.361 e. The first kappa shape index (κ1) is 18.0. The van der Waals surface area contributed by atoms with E-state index < -0.39 is 0 Å². The third-order valence-corrected chi connectivity index (χ3v) is 5.52. The number of aryl methyl sites for hydroxylation is 2. The van der Waals surface area contributed by atoms with Crippen LogP contribution in [0.5, 0.6) is 0 Å². The number of nitrogens with zero attached hydrogens (tertiary/aromatic N) is 3. The third-order valence-electron chi connectivity index (χ3n) is 5.52. The van der Waals surface area contributed by atoms with E-state index in [-0.39, 0.29) is 0 Å². The summed E-state index contributed by atoms with van der Waals surface area (Å²) in [6.07, 6.45) is 7.39. The number of hydrogen-bond donors (Lipinski definition) is 1. The fraction of sp³-hybridized carbons (Fsp3) is 0.455. The minimum absolute atomic E-state index is 0.338. The molecular weight excluding hydrogens is 336 g/mol. The van der Waals surface area contributed by atoms with Gasteiger partial charge in [-0.05, 0) is 43.4 Å². The third kappa shape index (κ3) is 3.83. The second-order valence-corrected chi connectivity index (χ2v) is 7.42. The Kier molecular flexibility index (Phi) is 5.39. The Morgan fingerprint density at radius 1 is 1.22 bits per heavy atom. The van der Waals surface area contributed by atoms with E-state index in [9.17, 15) is 0 Å². The quantitative estimate of drug-likeness (QED) is 0.647. The van der Waals surface area contributed by atoms with Gasteiger partial charge in [0.15, 0.2) is 0 Å². The van der Waals surface area contributed by atoms with Gasteiger partial charge in [-0.2, -0.15) is 5.10 Å². The van der Waals surface area contributed by atoms with E-state index in [0.717, 1.165) is 55.9 Å². The lowest BCUT2D eigenvalue weighted by molar-refractivity contribution is 0.236. The molecular formula is C22H28N4O. The summed E-state index contributed by atoms with van der Waals surface area (Å²) >= 11 is 0. The molecule has 1 saturated heterocycles. The molecule has 0 saturated carbocycles. The highest BCUT2D eigenvalue weighted by atomic mass is 16.5. The van der Waals surface area contributed by atoms with Gasteiger partial charge in [-0.25, -0.2) is 0 Å². The van der Waals surface area contributed by atoms with Crippen LogP contribution in [-0.2, 0) is 19.4 Å². The molecule has 4 rings (SSSR count). The van der Waals surface area contributed by atoms with Crippen LogP contribution in [0.25, 0.3) is 11.3 Å². The molecule has 27 heavy (non-hydrogen) atoms. The van der Waals surface area contributed by atoms with Gasteiger partial charge in [0.1, 0.15) is 11.5 Å². The predicted octanol–water partition coefficient (Wildman–Crippen LogP) is 4.92. The van der Waals surface area contributed by atoms with Crippen molar-refractivity contribution in [2.24, 2.45) is 0 Å². The minimum Gasteiger partial charge on any atom is -0.361 e. The predicted molar refractivity (Wildman–Crippen MR) is 106 cm³/mol. The summed E-state index contributed by atoms with van der Waals surface area (Å²) in [6, 6.07) is 11.3. The van der Waals surface area contributed by atoms with Crippen molar-refractivity contribution in [3.05, 3.63) is 59.1 Å². The molecule has 142 valence electrons. The summed E-state index contributed by atoms with van der Waals surface area (Å²) in [7, 11) is 0. The Morgan fingerprint density at radius 2 is 2.07 bits per heavy atom. The second kappa shape index (κ2) is 8.09. The van der Waals surface area contributed by atoms with Crippen LogP contribution in [0.3, 0.4) is 0 Å². The van der Waals surface area contributed by atoms with E-state index in [2.05, 4.69) is 64.4 Å². The molecule has 3 aromatic rings. The van der Waals surface area contributed by atoms with Crippen molar-refractivity contribution in [2.45, 2.75) is 58.5 Å². The van der Waals surface area contributed by atoms with Crippen LogP contribution >= 0.6 is 0 Å². The standard InChI is InChI=1S/C22H28N4O/c1-3-6-19-13-20(25-27-19)21-7-5-12-26(21)15-18-14-23-24-22(18)17-10-8-16(4-2)9-11-17/h8-11,13-14,21H,3-7,12,15H2,1-2H3,(H,23,24). The van der Waals surface area contributed by atoms with Crippen molar-refractivity contribution >= 4 is 0 Å². The molecule has 1 aliphatic rings. The van der Waals surface area contributed by atoms with Crippen molar-refractivity contribution in [1.29, 1.82) is 0 Å². The zero-order chi connectivity index (χ0) is 18.6. The Balaban J connectivity index is 1.52. The molecule has 1 aliphatic heterocycles. The van der Waals surface area contributed by atoms with E-state index in [4.69, 9.17) is 4.52 Å². The molecule has 3 heterocycles. The topological polar surface area (TPSA) is 58.0 Å². The Hall–Kier alpha value is -2.40. The normalized spacial score (nSPS) is 17.6. The maximum absolute atomic E-state index is 5.52. The summed E-state index contributed by atoms with van der Waals surface area (Å²) < 4.78 is 5.52. The highest BCUT2D eigenvalue weighted by Gasteiger charge is 2.29. The molecule has 1 atom stereocenters. The van der Waals surface area contributed by atoms with Gasteiger partial charge in [0, 0.05) is 24.6 Å². The Labute approximate surface area is 160 Å². The molecule has 5 nitrogen and oxygen atoms in total. The van der Waals surface area contributed by atoms with E-state index in [1.807, 2.05) is 6.20 Å². The van der Waals surface area contributed by atoms with Gasteiger partial charge < -0.3 is 4.52 Å². The van der Waals surface area contributed by atoms with Crippen LogP contribution in [0.1, 0.15) is 61.7 Å². The number of hydrogen-bond acceptors (Lipinski definition) is 4. The van der Waals surface area contributed by atoms with Gasteiger partial charge in [0.2, 0.25) is 0 Å². The van der Waals surface area contributed by atoms with Crippen LogP contribution in [0, 0.1) is 0 Å². The number of nitrogens with one attached hydrogen (secondary N) is 1. The SMILES string of the molecule is CCCc1cc(C2CCCN2Cc2cn[nH]c2-c2ccc(CC)cc2)no1. The number of likely N-dealkylation sites (tertiary alicyclic amines) is 1. The zero-order valence-electron chi connectivity index (χ0n) is 16.2. The molecule has 1 N–H and O–H groups in total. The number of rotatable bonds is 7. The molecule has 1 fully saturated rings. The Bertz CT molecular complexity index is 865. The Morgan fingerprint density at radius 3 is 2.85 bits per heavy atom. The molecule has 0 bridgehead atoms. The summed E-state index contributed by atoms with van der Waals surface area (Å²) in [5.41, 5.74) is 5.99. The molecule has 0 amide bonds. The summed E-state index contributed by atoms with van der Waals surface area (Å²) in [5, 5.41) is 11.9. The van der Waals surface area contributed by atoms with Crippen molar-refractivity contribution in [2.75, 3.05) is 6.54 Å². The van der Waals surface area contributed by atoms with Crippen LogP contribution in [-0.4, -0.2) is 26.8 Å². The molecule has 0 spiro atoms. The fourth-order valence-electron chi connectivity index (χ4n) is 4.01. The van der Waals surface area contributed by atoms with Gasteiger partial charge in [0.25, 0.3) is 0 Å². The monoisotopic (exact) mass is 364 g/mol. The number of aromatic nitrogens is 3. The van der Waals surface area contributed by atoms with Crippen molar-refractivity contribution in [3.63, 3.8) is 0 Å². The van der Waals surface area contributed by atoms with Gasteiger partial charge in [-0.1, -0.05) is 43.3 Å². The average molecular weight is 364 g/mol. The maximum atomic E-state index is 5.52. The lowest BCUT2D eigenvalue weighted by Crippen LogP contribution is -2.23. The van der Waals surface area contributed by atoms with Gasteiger partial charge >= 0.3 is 0 Å². The van der Waals surface area contributed by atoms with Gasteiger partial charge in [-0.15, -0.1) is 0 Å². The first-order valence-corrected chi connectivity index (χ1v) is 10.1. The lowest BCUT2D eigenvalue weighted by atomic mass is 10.0. The van der Waals surface area contributed by atoms with Crippen LogP contribution < -0.4 is 0 Å². The lowest BCUT2D eigenvalue weighted by Gasteiger charge is -2.22. The average Bonchev–Trinajstić information content (AvgIpc) is 3.43. The van der Waals surface area contributed by atoms with Crippen molar-refractivity contribution in [3.8, 4) is 11.3 Å². The van der Waals surface area contributed by atoms with Crippen molar-refractivity contribution in [1.82, 2.24) is 20.3 Å². The van der Waals surface area contributed by atoms with E-state index in [1.54, 1.807) is 0 Å². The summed E-state index contributed by atoms with van der Waals surface area (Å²) in [6.45, 7) is 6.31. The molecule has 2 aromatic heterocycles. The van der Waals surface area contributed by atoms with Crippen molar-refractivity contribution < 1.29 is 4.52 Å². The molecule has 1 aromatic carbocycles. The van der Waals surface area contributed by atoms with E-state index in [0.29, 0.717) is 6.04 Å². The zero-order valence-corrected chi connectivity index (χ0v) is 16.2. The molecule has 5 heteroatoms. The highest BCUT2D eigenvalue weighted by Crippen LogP contribution is 2.34. The first-order chi connectivity index (χ1) is 13.3. The van der Waals surface area contributed by atoms with E-state index in [1.165, 1.54) is 23.1 Å². The maximum Gasteiger partial charge on any atom is 0.137 e. The number of benzene rings is 1. The fourth-order valence-corrected chi connectivity index (χ4v) is 4.01. The number of aromatic amines is 1. The van der Waals surface area contributed by atoms with Crippen LogP contribution in [0.15, 0.2) is 41.1 Å². The minimum atomic E-state index is 0.338. The molecule has 1 unspecified atom stereocenters. The van der Waals surface area contributed by atoms with Gasteiger partial charge in [-0.3, -0.25) is 10.00 Å². The van der Waals surface area contributed by atoms with Crippen LogP contribution in [0.4, 0.5) is 0 Å². The van der Waals surface area contributed by atoms with Crippen LogP contribution in [0.2, 0.25) is 0 Å². The summed E-state index contributed by atoms with van der Waals surface area (Å²) in [5.74, 6) is 0.999.